The molecule has 0 aliphatic heterocycles. The molecule has 0 heterocycles. The van der Waals surface area contributed by atoms with E-state index in [1.807, 2.05) is 0 Å². The Kier molecular flexibility index (Phi) is 49.6. The molecule has 0 spiro atoms. The van der Waals surface area contributed by atoms with Crippen LogP contribution >= 0.6 is 0 Å². The van der Waals surface area contributed by atoms with Crippen molar-refractivity contribution < 1.29 is 24.5 Å². The van der Waals surface area contributed by atoms with Crippen molar-refractivity contribution in [3.05, 3.63) is 24.3 Å². The van der Waals surface area contributed by atoms with Gasteiger partial charge < -0.3 is 20.3 Å². The second kappa shape index (κ2) is 51.0. The van der Waals surface area contributed by atoms with Crippen molar-refractivity contribution in [1.29, 1.82) is 0 Å². The maximum Gasteiger partial charge on any atom is 0.305 e. The van der Waals surface area contributed by atoms with Crippen LogP contribution in [0.15, 0.2) is 24.3 Å². The summed E-state index contributed by atoms with van der Waals surface area (Å²) in [5.41, 5.74) is 0. The summed E-state index contributed by atoms with van der Waals surface area (Å²) >= 11 is 0. The molecule has 0 saturated heterocycles. The van der Waals surface area contributed by atoms with E-state index in [1.165, 1.54) is 212 Å². The molecule has 0 radical (unpaired) electrons. The van der Waals surface area contributed by atoms with Gasteiger partial charge in [-0.1, -0.05) is 231 Å². The fraction of sp³-hybridized carbons (Fsp3) is 0.891. The molecular weight excluding hydrogens is 755 g/mol. The molecule has 6 nitrogen and oxygen atoms in total. The summed E-state index contributed by atoms with van der Waals surface area (Å²) in [7, 11) is 0. The van der Waals surface area contributed by atoms with E-state index < -0.39 is 12.1 Å². The Morgan fingerprint density at radius 1 is 0.443 bits per heavy atom. The number of rotatable bonds is 50. The highest BCUT2D eigenvalue weighted by Crippen LogP contribution is 2.16. The molecule has 0 aromatic rings. The van der Waals surface area contributed by atoms with Crippen LogP contribution in [0.3, 0.4) is 0 Å². The van der Waals surface area contributed by atoms with Gasteiger partial charge >= 0.3 is 5.97 Å². The molecule has 0 fully saturated rings. The van der Waals surface area contributed by atoms with E-state index in [2.05, 4.69) is 43.5 Å². The number of nitrogens with one attached hydrogen (secondary N) is 1. The average Bonchev–Trinajstić information content (AvgIpc) is 3.26. The van der Waals surface area contributed by atoms with Gasteiger partial charge in [0.1, 0.15) is 0 Å². The van der Waals surface area contributed by atoms with Crippen LogP contribution in [-0.4, -0.2) is 47.4 Å². The Hall–Kier alpha value is -1.66. The van der Waals surface area contributed by atoms with Crippen molar-refractivity contribution in [3.63, 3.8) is 0 Å². The van der Waals surface area contributed by atoms with Crippen molar-refractivity contribution in [2.75, 3.05) is 13.2 Å². The minimum atomic E-state index is -0.667. The summed E-state index contributed by atoms with van der Waals surface area (Å²) in [6, 6.07) is -0.545. The molecule has 360 valence electrons. The molecule has 0 aromatic carbocycles. The molecular formula is C55H105NO5. The highest BCUT2D eigenvalue weighted by atomic mass is 16.5. The van der Waals surface area contributed by atoms with Crippen molar-refractivity contribution in [2.24, 2.45) is 0 Å². The maximum atomic E-state index is 12.4. The van der Waals surface area contributed by atoms with Gasteiger partial charge in [0, 0.05) is 12.8 Å². The van der Waals surface area contributed by atoms with Gasteiger partial charge in [0.15, 0.2) is 0 Å². The van der Waals surface area contributed by atoms with Gasteiger partial charge in [-0.05, 0) is 70.6 Å². The van der Waals surface area contributed by atoms with Crippen molar-refractivity contribution >= 4 is 11.9 Å². The lowest BCUT2D eigenvalue weighted by Crippen LogP contribution is -2.45. The number of unbranched alkanes of at least 4 members (excludes halogenated alkanes) is 35. The van der Waals surface area contributed by atoms with Crippen LogP contribution in [0.5, 0.6) is 0 Å². The van der Waals surface area contributed by atoms with Crippen LogP contribution in [0, 0.1) is 0 Å². The first kappa shape index (κ1) is 59.3. The minimum Gasteiger partial charge on any atom is -0.466 e. The molecule has 0 bridgehead atoms. The van der Waals surface area contributed by atoms with Crippen molar-refractivity contribution in [1.82, 2.24) is 5.32 Å². The van der Waals surface area contributed by atoms with E-state index in [0.717, 1.165) is 44.9 Å². The summed E-state index contributed by atoms with van der Waals surface area (Å²) in [4.78, 5) is 24.4. The van der Waals surface area contributed by atoms with E-state index in [0.29, 0.717) is 25.9 Å². The zero-order valence-electron chi connectivity index (χ0n) is 40.9. The lowest BCUT2D eigenvalue weighted by molar-refractivity contribution is -0.143. The Labute approximate surface area is 380 Å². The number of hydrogen-bond acceptors (Lipinski definition) is 5. The van der Waals surface area contributed by atoms with Gasteiger partial charge in [-0.25, -0.2) is 0 Å². The smallest absolute Gasteiger partial charge is 0.305 e. The minimum absolute atomic E-state index is 0.00313. The van der Waals surface area contributed by atoms with Gasteiger partial charge in [0.2, 0.25) is 5.91 Å². The lowest BCUT2D eigenvalue weighted by atomic mass is 10.0. The number of amides is 1. The summed E-state index contributed by atoms with van der Waals surface area (Å²) in [6.45, 7) is 4.90. The molecule has 0 saturated carbocycles. The molecule has 0 aromatic heterocycles. The van der Waals surface area contributed by atoms with E-state index in [1.54, 1.807) is 0 Å². The number of ether oxygens (including phenoxy) is 1. The van der Waals surface area contributed by atoms with Crippen LogP contribution in [-0.2, 0) is 14.3 Å². The number of aliphatic hydroxyl groups is 2. The quantitative estimate of drug-likeness (QED) is 0.0322. The second-order valence-corrected chi connectivity index (χ2v) is 18.6. The van der Waals surface area contributed by atoms with Crippen LogP contribution in [0.25, 0.3) is 0 Å². The molecule has 3 N–H and O–H groups in total. The number of carbonyl (C=O) groups excluding carboxylic acids is 2. The molecule has 0 aliphatic carbocycles. The highest BCUT2D eigenvalue weighted by molar-refractivity contribution is 5.76. The third-order valence-corrected chi connectivity index (χ3v) is 12.5. The first-order valence-corrected chi connectivity index (χ1v) is 27.1. The molecule has 61 heavy (non-hydrogen) atoms. The Morgan fingerprint density at radius 2 is 0.787 bits per heavy atom. The number of allylic oxidation sites excluding steroid dienone is 4. The van der Waals surface area contributed by atoms with Crippen molar-refractivity contribution in [3.8, 4) is 0 Å². The molecule has 6 heteroatoms. The summed E-state index contributed by atoms with van der Waals surface area (Å²) in [5, 5.41) is 23.2. The SMILES string of the molecule is CCCC/C=C\CCCCCCCC(=O)OCCCCCCCCCCCC/C=C\CCCCCCCCCC(=O)NC(CO)C(O)CCCCCCCCCCCCCC. The zero-order valence-corrected chi connectivity index (χ0v) is 40.9. The summed E-state index contributed by atoms with van der Waals surface area (Å²) < 4.78 is 5.45. The second-order valence-electron chi connectivity index (χ2n) is 18.6. The van der Waals surface area contributed by atoms with Gasteiger partial charge in [-0.2, -0.15) is 0 Å². The predicted octanol–water partition coefficient (Wildman–Crippen LogP) is 16.3. The van der Waals surface area contributed by atoms with Crippen LogP contribution in [0.4, 0.5) is 0 Å². The zero-order chi connectivity index (χ0) is 44.4. The van der Waals surface area contributed by atoms with Crippen LogP contribution in [0.1, 0.15) is 290 Å². The Balaban J connectivity index is 3.42. The summed E-state index contributed by atoms with van der Waals surface area (Å²) in [5.74, 6) is -0.0464. The average molecular weight is 860 g/mol. The Morgan fingerprint density at radius 3 is 1.21 bits per heavy atom. The molecule has 0 aliphatic rings. The fourth-order valence-corrected chi connectivity index (χ4v) is 8.26. The van der Waals surface area contributed by atoms with Crippen LogP contribution < -0.4 is 5.32 Å². The van der Waals surface area contributed by atoms with E-state index in [-0.39, 0.29) is 18.5 Å². The van der Waals surface area contributed by atoms with E-state index in [4.69, 9.17) is 4.74 Å². The monoisotopic (exact) mass is 860 g/mol. The highest BCUT2D eigenvalue weighted by Gasteiger charge is 2.20. The van der Waals surface area contributed by atoms with Gasteiger partial charge in [0.25, 0.3) is 0 Å². The largest absolute Gasteiger partial charge is 0.466 e. The topological polar surface area (TPSA) is 95.9 Å². The third kappa shape index (κ3) is 47.7. The third-order valence-electron chi connectivity index (χ3n) is 12.5. The first-order valence-electron chi connectivity index (χ1n) is 27.1. The standard InChI is InChI=1S/C55H105NO5/c1-3-5-7-9-11-13-15-28-31-35-39-43-47-53(58)52(51-57)56-54(59)48-44-40-36-32-29-25-23-21-19-17-16-18-20-22-24-26-30-34-38-42-46-50-61-55(60)49-45-41-37-33-27-14-12-10-8-6-4-2/h10,12,17,19,52-53,57-58H,3-9,11,13-16,18,20-51H2,1-2H3,(H,56,59)/b12-10-,19-17-. The van der Waals surface area contributed by atoms with E-state index in [9.17, 15) is 19.8 Å². The Bertz CT molecular complexity index is 951. The number of carbonyl (C=O) groups is 2. The first-order chi connectivity index (χ1) is 30.0. The normalized spacial score (nSPS) is 12.8. The number of aliphatic hydroxyl groups excluding tert-OH is 2. The molecule has 2 unspecified atom stereocenters. The lowest BCUT2D eigenvalue weighted by Gasteiger charge is -2.22. The molecule has 1 amide bonds. The maximum absolute atomic E-state index is 12.4. The van der Waals surface area contributed by atoms with Gasteiger partial charge in [-0.3, -0.25) is 9.59 Å². The van der Waals surface area contributed by atoms with E-state index >= 15 is 0 Å². The molecule has 0 rings (SSSR count). The van der Waals surface area contributed by atoms with Crippen LogP contribution in [0.2, 0.25) is 0 Å². The van der Waals surface area contributed by atoms with Crippen molar-refractivity contribution in [2.45, 2.75) is 302 Å². The summed E-state index contributed by atoms with van der Waals surface area (Å²) in [6.07, 6.45) is 60.2. The predicted molar refractivity (Wildman–Crippen MR) is 264 cm³/mol. The molecule has 2 atom stereocenters. The number of hydrogen-bond donors (Lipinski definition) is 3. The van der Waals surface area contributed by atoms with Gasteiger partial charge in [0.05, 0.1) is 25.4 Å². The van der Waals surface area contributed by atoms with Gasteiger partial charge in [-0.15, -0.1) is 0 Å². The number of esters is 1. The fourth-order valence-electron chi connectivity index (χ4n) is 8.26.